The number of hydrogen-bond acceptors (Lipinski definition) is 3. The molecule has 0 radical (unpaired) electrons. The second-order valence-electron chi connectivity index (χ2n) is 6.70. The SMILES string of the molecule is CNCC1CCN(C(=O)CCOc2ccc(C(C)C)cc2)CC1.Cl. The molecule has 1 aliphatic rings. The Labute approximate surface area is 152 Å². The van der Waals surface area contributed by atoms with Crippen LogP contribution in [0.15, 0.2) is 24.3 Å². The van der Waals surface area contributed by atoms with Gasteiger partial charge in [0.05, 0.1) is 13.0 Å². The normalized spacial score (nSPS) is 15.2. The van der Waals surface area contributed by atoms with E-state index in [0.717, 1.165) is 38.2 Å². The molecule has 4 nitrogen and oxygen atoms in total. The number of piperidine rings is 1. The molecule has 0 aromatic heterocycles. The lowest BCUT2D eigenvalue weighted by Crippen LogP contribution is -2.40. The Kier molecular flexibility index (Phi) is 9.16. The van der Waals surface area contributed by atoms with Crippen LogP contribution in [0.1, 0.15) is 44.6 Å². The van der Waals surface area contributed by atoms with Crippen LogP contribution in [0.25, 0.3) is 0 Å². The summed E-state index contributed by atoms with van der Waals surface area (Å²) in [5, 5.41) is 3.22. The highest BCUT2D eigenvalue weighted by Gasteiger charge is 2.21. The molecule has 1 amide bonds. The Balaban J connectivity index is 0.00000288. The quantitative estimate of drug-likeness (QED) is 0.815. The molecule has 0 atom stereocenters. The average molecular weight is 355 g/mol. The van der Waals surface area contributed by atoms with Gasteiger partial charge in [-0.1, -0.05) is 26.0 Å². The number of nitrogens with zero attached hydrogens (tertiary/aromatic N) is 1. The molecule has 2 rings (SSSR count). The number of nitrogens with one attached hydrogen (secondary N) is 1. The zero-order valence-corrected chi connectivity index (χ0v) is 15.9. The van der Waals surface area contributed by atoms with E-state index in [1.54, 1.807) is 0 Å². The van der Waals surface area contributed by atoms with Gasteiger partial charge in [0.1, 0.15) is 5.75 Å². The monoisotopic (exact) mass is 354 g/mol. The first kappa shape index (κ1) is 20.8. The second kappa shape index (κ2) is 10.6. The first-order chi connectivity index (χ1) is 11.1. The maximum absolute atomic E-state index is 12.2. The Bertz CT molecular complexity index is 483. The van der Waals surface area contributed by atoms with Crippen molar-refractivity contribution in [3.63, 3.8) is 0 Å². The summed E-state index contributed by atoms with van der Waals surface area (Å²) in [6, 6.07) is 8.16. The third-order valence-electron chi connectivity index (χ3n) is 4.59. The maximum Gasteiger partial charge on any atom is 0.225 e. The van der Waals surface area contributed by atoms with E-state index < -0.39 is 0 Å². The zero-order valence-electron chi connectivity index (χ0n) is 15.1. The minimum absolute atomic E-state index is 0. The van der Waals surface area contributed by atoms with E-state index in [2.05, 4.69) is 31.3 Å². The van der Waals surface area contributed by atoms with Crippen molar-refractivity contribution in [1.82, 2.24) is 10.2 Å². The van der Waals surface area contributed by atoms with Gasteiger partial charge < -0.3 is 15.0 Å². The molecule has 0 saturated carbocycles. The van der Waals surface area contributed by atoms with Crippen molar-refractivity contribution >= 4 is 18.3 Å². The van der Waals surface area contributed by atoms with Crippen LogP contribution in [0.4, 0.5) is 0 Å². The van der Waals surface area contributed by atoms with E-state index in [-0.39, 0.29) is 18.3 Å². The number of carbonyl (C=O) groups excluding carboxylic acids is 1. The van der Waals surface area contributed by atoms with Crippen molar-refractivity contribution in [2.75, 3.05) is 33.3 Å². The Hall–Kier alpha value is -1.26. The number of rotatable bonds is 7. The number of carbonyl (C=O) groups is 1. The number of amides is 1. The van der Waals surface area contributed by atoms with Crippen molar-refractivity contribution in [3.8, 4) is 5.75 Å². The van der Waals surface area contributed by atoms with Gasteiger partial charge in [-0.25, -0.2) is 0 Å². The standard InChI is InChI=1S/C19H30N2O2.ClH/c1-15(2)17-4-6-18(7-5-17)23-13-10-19(22)21-11-8-16(9-12-21)14-20-3;/h4-7,15-16,20H,8-14H2,1-3H3;1H. The fourth-order valence-corrected chi connectivity index (χ4v) is 3.04. The Morgan fingerprint density at radius 3 is 2.42 bits per heavy atom. The van der Waals surface area contributed by atoms with Crippen molar-refractivity contribution in [2.24, 2.45) is 5.92 Å². The molecule has 1 heterocycles. The van der Waals surface area contributed by atoms with Gasteiger partial charge in [0.15, 0.2) is 0 Å². The molecule has 1 N–H and O–H groups in total. The van der Waals surface area contributed by atoms with Gasteiger partial charge in [-0.15, -0.1) is 12.4 Å². The number of halogens is 1. The molecule has 0 bridgehead atoms. The van der Waals surface area contributed by atoms with Crippen LogP contribution >= 0.6 is 12.4 Å². The average Bonchev–Trinajstić information content (AvgIpc) is 2.56. The molecular weight excluding hydrogens is 324 g/mol. The molecule has 0 aliphatic carbocycles. The Morgan fingerprint density at radius 2 is 1.88 bits per heavy atom. The zero-order chi connectivity index (χ0) is 16.7. The van der Waals surface area contributed by atoms with E-state index in [1.807, 2.05) is 24.1 Å². The third-order valence-corrected chi connectivity index (χ3v) is 4.59. The van der Waals surface area contributed by atoms with Crippen LogP contribution in [-0.2, 0) is 4.79 Å². The number of hydrogen-bond donors (Lipinski definition) is 1. The molecule has 0 unspecified atom stereocenters. The van der Waals surface area contributed by atoms with Gasteiger partial charge >= 0.3 is 0 Å². The highest BCUT2D eigenvalue weighted by Crippen LogP contribution is 2.19. The summed E-state index contributed by atoms with van der Waals surface area (Å²) in [7, 11) is 1.99. The van der Waals surface area contributed by atoms with Crippen LogP contribution in [-0.4, -0.2) is 44.1 Å². The van der Waals surface area contributed by atoms with Gasteiger partial charge in [-0.05, 0) is 56.0 Å². The predicted octanol–water partition coefficient (Wildman–Crippen LogP) is 3.46. The molecule has 1 aromatic carbocycles. The lowest BCUT2D eigenvalue weighted by molar-refractivity contribution is -0.133. The van der Waals surface area contributed by atoms with Gasteiger partial charge in [0.25, 0.3) is 0 Å². The second-order valence-corrected chi connectivity index (χ2v) is 6.70. The van der Waals surface area contributed by atoms with E-state index in [1.165, 1.54) is 5.56 Å². The fraction of sp³-hybridized carbons (Fsp3) is 0.632. The summed E-state index contributed by atoms with van der Waals surface area (Å²) < 4.78 is 5.70. The Morgan fingerprint density at radius 1 is 1.25 bits per heavy atom. The third kappa shape index (κ3) is 6.33. The highest BCUT2D eigenvalue weighted by molar-refractivity contribution is 5.85. The molecular formula is C19H31ClN2O2. The van der Waals surface area contributed by atoms with E-state index in [0.29, 0.717) is 24.9 Å². The van der Waals surface area contributed by atoms with Crippen molar-refractivity contribution < 1.29 is 9.53 Å². The summed E-state index contributed by atoms with van der Waals surface area (Å²) in [5.41, 5.74) is 1.30. The van der Waals surface area contributed by atoms with E-state index in [9.17, 15) is 4.79 Å². The van der Waals surface area contributed by atoms with Gasteiger partial charge in [0.2, 0.25) is 5.91 Å². The highest BCUT2D eigenvalue weighted by atomic mass is 35.5. The first-order valence-electron chi connectivity index (χ1n) is 8.75. The van der Waals surface area contributed by atoms with Crippen molar-refractivity contribution in [1.29, 1.82) is 0 Å². The van der Waals surface area contributed by atoms with Crippen molar-refractivity contribution in [2.45, 2.75) is 39.0 Å². The van der Waals surface area contributed by atoms with Crippen molar-refractivity contribution in [3.05, 3.63) is 29.8 Å². The molecule has 1 aliphatic heterocycles. The van der Waals surface area contributed by atoms with Crippen LogP contribution < -0.4 is 10.1 Å². The van der Waals surface area contributed by atoms with Crippen LogP contribution in [0.2, 0.25) is 0 Å². The lowest BCUT2D eigenvalue weighted by atomic mass is 9.97. The maximum atomic E-state index is 12.2. The summed E-state index contributed by atoms with van der Waals surface area (Å²) in [4.78, 5) is 14.2. The van der Waals surface area contributed by atoms with Gasteiger partial charge in [-0.3, -0.25) is 4.79 Å². The van der Waals surface area contributed by atoms with E-state index in [4.69, 9.17) is 4.74 Å². The predicted molar refractivity (Wildman–Crippen MR) is 101 cm³/mol. The van der Waals surface area contributed by atoms with Crippen LogP contribution in [0.5, 0.6) is 5.75 Å². The molecule has 1 aromatic rings. The number of likely N-dealkylation sites (tertiary alicyclic amines) is 1. The smallest absolute Gasteiger partial charge is 0.225 e. The summed E-state index contributed by atoms with van der Waals surface area (Å²) in [6.07, 6.45) is 2.66. The van der Waals surface area contributed by atoms with Gasteiger partial charge in [0, 0.05) is 13.1 Å². The largest absolute Gasteiger partial charge is 0.493 e. The fourth-order valence-electron chi connectivity index (χ4n) is 3.04. The molecule has 24 heavy (non-hydrogen) atoms. The molecule has 0 spiro atoms. The number of benzene rings is 1. The summed E-state index contributed by atoms with van der Waals surface area (Å²) in [5.74, 6) is 2.29. The minimum Gasteiger partial charge on any atom is -0.493 e. The number of ether oxygens (including phenoxy) is 1. The summed E-state index contributed by atoms with van der Waals surface area (Å²) in [6.45, 7) is 7.62. The molecule has 1 saturated heterocycles. The summed E-state index contributed by atoms with van der Waals surface area (Å²) >= 11 is 0. The molecule has 5 heteroatoms. The molecule has 1 fully saturated rings. The van der Waals surface area contributed by atoms with Gasteiger partial charge in [-0.2, -0.15) is 0 Å². The van der Waals surface area contributed by atoms with Crippen LogP contribution in [0.3, 0.4) is 0 Å². The van der Waals surface area contributed by atoms with Crippen LogP contribution in [0, 0.1) is 5.92 Å². The minimum atomic E-state index is 0. The first-order valence-corrected chi connectivity index (χ1v) is 8.75. The molecule has 136 valence electrons. The van der Waals surface area contributed by atoms with E-state index >= 15 is 0 Å². The lowest BCUT2D eigenvalue weighted by Gasteiger charge is -2.32. The topological polar surface area (TPSA) is 41.6 Å².